The molecule has 16 N–H and O–H groups in total. The van der Waals surface area contributed by atoms with Crippen molar-refractivity contribution in [2.24, 2.45) is 0 Å². The van der Waals surface area contributed by atoms with Crippen molar-refractivity contribution in [1.29, 1.82) is 0 Å². The maximum Gasteiger partial charge on any atom is 0.330 e. The fourth-order valence-corrected chi connectivity index (χ4v) is 9.18. The fraction of sp³-hybridized carbons (Fsp3) is 0.418. The number of fused-ring (bicyclic) bond motifs is 1. The Hall–Kier alpha value is -8.08. The quantitative estimate of drug-likeness (QED) is 0.0203. The second kappa shape index (κ2) is 26.9. The van der Waals surface area contributed by atoms with Gasteiger partial charge in [-0.05, 0) is 59.7 Å². The lowest BCUT2D eigenvalue weighted by Crippen LogP contribution is -2.60. The number of esters is 2. The van der Waals surface area contributed by atoms with E-state index in [1.807, 2.05) is 0 Å². The van der Waals surface area contributed by atoms with E-state index in [0.29, 0.717) is 11.1 Å². The molecule has 0 saturated carbocycles. The molecule has 0 aromatic heterocycles. The van der Waals surface area contributed by atoms with Crippen LogP contribution < -0.4 is 28.4 Å². The lowest BCUT2D eigenvalue weighted by molar-refractivity contribution is -0.295. The first kappa shape index (κ1) is 63.0. The predicted molar refractivity (Wildman–Crippen MR) is 282 cm³/mol. The Kier molecular flexibility index (Phi) is 19.9. The number of carbonyl (C=O) groups is 2. The maximum atomic E-state index is 12.8. The van der Waals surface area contributed by atoms with Crippen LogP contribution in [0.3, 0.4) is 0 Å². The van der Waals surface area contributed by atoms with Crippen LogP contribution in [0.1, 0.15) is 28.4 Å². The molecule has 0 aliphatic carbocycles. The van der Waals surface area contributed by atoms with Gasteiger partial charge < -0.3 is 138 Å². The summed E-state index contributed by atoms with van der Waals surface area (Å²) in [4.78, 5) is 25.6. The molecule has 0 spiro atoms. The molecule has 4 aliphatic heterocycles. The van der Waals surface area contributed by atoms with Gasteiger partial charge >= 0.3 is 11.9 Å². The van der Waals surface area contributed by atoms with E-state index in [1.54, 1.807) is 0 Å². The Morgan fingerprint density at radius 3 is 1.39 bits per heavy atom. The SMILES string of the molecule is COc1cc(/C=C/C(=O)OC[C@@H]2O[C@@H](Oc3cc(O)c4c(c3)[OH+]C(c3cc(O)c(O)c(O[C@@H]5O[C@H](COC(=O)/C=C/c6cc(OC)c(O)c(OC)c6)[C@@H](O)[C@H](O)[C@H]5O)c3)C(O[C@@H]3O[C@H](CO)[C@@H](O)[C@H](O)[C@H]3O)=C4)[C@@H](O)[C@@H](O)[C@@H]2O)cc(OC)c1O. The van der Waals surface area contributed by atoms with E-state index in [2.05, 4.69) is 4.74 Å². The van der Waals surface area contributed by atoms with Gasteiger partial charge in [-0.1, -0.05) is 0 Å². The van der Waals surface area contributed by atoms with Crippen LogP contribution >= 0.6 is 0 Å². The van der Waals surface area contributed by atoms with E-state index in [1.165, 1.54) is 70.9 Å². The zero-order chi connectivity index (χ0) is 61.7. The number of aliphatic hydroxyl groups is 11. The fourth-order valence-electron chi connectivity index (χ4n) is 9.18. The molecule has 1 unspecified atom stereocenters. The van der Waals surface area contributed by atoms with Gasteiger partial charge in [0.05, 0.1) is 46.7 Å². The number of hydrogen-bond donors (Lipinski definition) is 15. The summed E-state index contributed by atoms with van der Waals surface area (Å²) < 4.78 is 70.4. The van der Waals surface area contributed by atoms with E-state index < -0.39 is 153 Å². The first-order valence-corrected chi connectivity index (χ1v) is 25.6. The van der Waals surface area contributed by atoms with Gasteiger partial charge in [0, 0.05) is 24.3 Å². The summed E-state index contributed by atoms with van der Waals surface area (Å²) in [5.74, 6) is -6.41. The van der Waals surface area contributed by atoms with Crippen LogP contribution in [-0.2, 0) is 38.0 Å². The van der Waals surface area contributed by atoms with Crippen LogP contribution in [0.2, 0.25) is 0 Å². The zero-order valence-corrected chi connectivity index (χ0v) is 45.2. The average Bonchev–Trinajstić information content (AvgIpc) is 1.32. The summed E-state index contributed by atoms with van der Waals surface area (Å²) in [5.41, 5.74) is 0.379. The van der Waals surface area contributed by atoms with Crippen molar-refractivity contribution in [3.63, 3.8) is 0 Å². The third kappa shape index (κ3) is 13.7. The molecule has 4 aromatic carbocycles. The van der Waals surface area contributed by atoms with Crippen molar-refractivity contribution in [3.8, 4) is 69.0 Å². The molecule has 462 valence electrons. The molecule has 3 saturated heterocycles. The van der Waals surface area contributed by atoms with Gasteiger partial charge in [0.25, 0.3) is 11.9 Å². The van der Waals surface area contributed by atoms with Gasteiger partial charge in [0.2, 0.25) is 36.1 Å². The molecule has 16 atom stereocenters. The van der Waals surface area contributed by atoms with E-state index >= 15 is 0 Å². The largest absolute Gasteiger partial charge is 0.571 e. The minimum atomic E-state index is -2.08. The third-order valence-electron chi connectivity index (χ3n) is 13.9. The summed E-state index contributed by atoms with van der Waals surface area (Å²) in [7, 11) is 5.22. The van der Waals surface area contributed by atoms with E-state index in [-0.39, 0.29) is 62.9 Å². The molecule has 30 heteroatoms. The summed E-state index contributed by atoms with van der Waals surface area (Å²) in [6, 6.07) is 9.77. The number of aliphatic hydroxyl groups excluding tert-OH is 10. The Labute approximate surface area is 481 Å². The Morgan fingerprint density at radius 1 is 0.494 bits per heavy atom. The number of phenols is 5. The van der Waals surface area contributed by atoms with Gasteiger partial charge in [-0.25, -0.2) is 9.59 Å². The molecule has 0 bridgehead atoms. The lowest BCUT2D eigenvalue weighted by Gasteiger charge is -2.40. The van der Waals surface area contributed by atoms with Crippen molar-refractivity contribution in [1.82, 2.24) is 0 Å². The summed E-state index contributed by atoms with van der Waals surface area (Å²) >= 11 is 0. The Bertz CT molecular complexity index is 3080. The minimum absolute atomic E-state index is 0.0325. The molecule has 85 heavy (non-hydrogen) atoms. The normalized spacial score (nSPS) is 29.2. The highest BCUT2D eigenvalue weighted by Gasteiger charge is 2.49. The van der Waals surface area contributed by atoms with Crippen molar-refractivity contribution in [2.45, 2.75) is 98.2 Å². The molecule has 8 rings (SSSR count). The topological polar surface area (TPSA) is 461 Å². The van der Waals surface area contributed by atoms with Crippen molar-refractivity contribution in [2.75, 3.05) is 48.3 Å². The van der Waals surface area contributed by atoms with Gasteiger partial charge in [-0.2, -0.15) is 0 Å². The molecular formula is C55H63O30+. The smallest absolute Gasteiger partial charge is 0.330 e. The van der Waals surface area contributed by atoms with E-state index in [4.69, 9.17) is 56.8 Å². The molecule has 30 nitrogen and oxygen atoms in total. The highest BCUT2D eigenvalue weighted by atomic mass is 16.7. The first-order valence-electron chi connectivity index (χ1n) is 25.6. The van der Waals surface area contributed by atoms with Gasteiger partial charge in [0.15, 0.2) is 40.3 Å². The molecule has 4 heterocycles. The van der Waals surface area contributed by atoms with Crippen LogP contribution in [0.15, 0.2) is 66.4 Å². The van der Waals surface area contributed by atoms with Crippen LogP contribution in [0.25, 0.3) is 18.2 Å². The number of hydrogen-bond acceptors (Lipinski definition) is 29. The highest BCUT2D eigenvalue weighted by Crippen LogP contribution is 2.49. The number of rotatable bonds is 20. The van der Waals surface area contributed by atoms with Gasteiger partial charge in [-0.3, -0.25) is 0 Å². The van der Waals surface area contributed by atoms with Crippen LogP contribution in [-0.4, -0.2) is 234 Å². The monoisotopic (exact) mass is 1200 g/mol. The Morgan fingerprint density at radius 2 is 0.929 bits per heavy atom. The highest BCUT2D eigenvalue weighted by molar-refractivity contribution is 5.88. The van der Waals surface area contributed by atoms with Gasteiger partial charge in [-0.15, -0.1) is 0 Å². The summed E-state index contributed by atoms with van der Waals surface area (Å²) in [6.45, 7) is -2.32. The van der Waals surface area contributed by atoms with Crippen LogP contribution in [0, 0.1) is 0 Å². The van der Waals surface area contributed by atoms with Gasteiger partial charge in [0.1, 0.15) is 104 Å². The third-order valence-corrected chi connectivity index (χ3v) is 13.9. The molecular weight excluding hydrogens is 1140 g/mol. The maximum absolute atomic E-state index is 12.8. The summed E-state index contributed by atoms with van der Waals surface area (Å²) in [6.07, 6.45) is -23.8. The Balaban J connectivity index is 1.02. The van der Waals surface area contributed by atoms with Crippen LogP contribution in [0.4, 0.5) is 0 Å². The molecule has 4 aliphatic rings. The number of benzene rings is 4. The second-order valence-electron chi connectivity index (χ2n) is 19.4. The molecule has 0 amide bonds. The second-order valence-corrected chi connectivity index (χ2v) is 19.4. The number of carbonyl (C=O) groups excluding carboxylic acids is 2. The number of phenolic OH excluding ortho intramolecular Hbond substituents is 5. The van der Waals surface area contributed by atoms with E-state index in [9.17, 15) is 86.2 Å². The standard InChI is InChI=1S/C55H62O30/c1-73-29-9-21(10-30(74-2)41(29)62)5-7-38(59)77-19-36-44(65)47(68)49(70)53(84-36)79-24-15-26(57)25-17-34(82-55-50(71)46(67)43(64)35(18-56)83-55)52(80-28(25)16-24)23-13-27(58)40(61)33(14-23)81-54-51(72)48(69)45(66)37(85-54)20-78-39(60)8-6-22-11-31(75-3)42(63)32(12-22)76-4/h5-17,35-37,43-58,61-72H,18-20H2,1-4H3/p+1/b7-5+,8-6+/t35-,36+,37-,43-,44-,45-,46+,47+,48+,49+,50-,51-,52?,53-,54-,55-/m1/s1. The summed E-state index contributed by atoms with van der Waals surface area (Å²) in [5, 5.41) is 162. The molecule has 4 aromatic rings. The van der Waals surface area contributed by atoms with Crippen molar-refractivity contribution in [3.05, 3.63) is 88.7 Å². The first-order chi connectivity index (χ1) is 40.5. The number of ether oxygens (including phenoxy) is 13. The van der Waals surface area contributed by atoms with Crippen molar-refractivity contribution < 1.29 is 148 Å². The molecule has 3 fully saturated rings. The zero-order valence-electron chi connectivity index (χ0n) is 45.2. The average molecular weight is 1200 g/mol. The lowest BCUT2D eigenvalue weighted by atomic mass is 9.98. The number of aromatic hydroxyl groups is 6. The number of methoxy groups -OCH3 is 4. The van der Waals surface area contributed by atoms with Crippen molar-refractivity contribution >= 4 is 30.2 Å². The van der Waals surface area contributed by atoms with E-state index in [0.717, 1.165) is 36.4 Å². The minimum Gasteiger partial charge on any atom is -0.571 e. The van der Waals surface area contributed by atoms with Crippen LogP contribution in [0.5, 0.6) is 69.0 Å². The molecule has 0 radical (unpaired) electrons. The predicted octanol–water partition coefficient (Wildman–Crippen LogP) is -1.71.